The molecule has 5 nitrogen and oxygen atoms in total. The first-order valence-electron chi connectivity index (χ1n) is 5.26. The van der Waals surface area contributed by atoms with E-state index >= 15 is 0 Å². The molecule has 0 aromatic carbocycles. The minimum Gasteiger partial charge on any atom is -0.394 e. The average molecular weight is 219 g/mol. The summed E-state index contributed by atoms with van der Waals surface area (Å²) in [4.78, 5) is 0. The zero-order valence-electron chi connectivity index (χ0n) is 9.51. The number of rotatable bonds is 3. The Morgan fingerprint density at radius 2 is 2.13 bits per heavy atom. The molecule has 0 aromatic rings. The third-order valence-electron chi connectivity index (χ3n) is 3.37. The highest BCUT2D eigenvalue weighted by Crippen LogP contribution is 2.32. The van der Waals surface area contributed by atoms with Crippen molar-refractivity contribution in [1.82, 2.24) is 0 Å². The van der Waals surface area contributed by atoms with E-state index in [-0.39, 0.29) is 12.7 Å². The van der Waals surface area contributed by atoms with Crippen molar-refractivity contribution in [1.29, 1.82) is 0 Å². The maximum atomic E-state index is 10.1. The summed E-state index contributed by atoms with van der Waals surface area (Å²) in [7, 11) is 1.48. The molecule has 1 aliphatic rings. The molecule has 0 aromatic heterocycles. The molecule has 0 radical (unpaired) electrons. The molecule has 1 rings (SSSR count). The van der Waals surface area contributed by atoms with E-state index in [0.717, 1.165) is 0 Å². The van der Waals surface area contributed by atoms with Gasteiger partial charge in [0.15, 0.2) is 0 Å². The third kappa shape index (κ3) is 2.03. The summed E-state index contributed by atoms with van der Waals surface area (Å²) >= 11 is 0. The van der Waals surface area contributed by atoms with Crippen LogP contribution in [0.2, 0.25) is 0 Å². The number of aliphatic hydroxyl groups excluding tert-OH is 2. The normalized spacial score (nSPS) is 46.8. The molecular weight excluding hydrogens is 198 g/mol. The first-order valence-corrected chi connectivity index (χ1v) is 5.26. The Bertz CT molecular complexity index is 210. The summed E-state index contributed by atoms with van der Waals surface area (Å²) < 4.78 is 10.9. The van der Waals surface area contributed by atoms with Crippen molar-refractivity contribution >= 4 is 0 Å². The molecule has 2 unspecified atom stereocenters. The standard InChI is InChI=1S/C10H21NO4/c1-4-6-8(11)9(13)10(2,14-3)7(5-12)15-6/h6-9,12-13H,4-5,11H2,1-3H3/t6-,7?,8?,9+,10+/m1/s1. The topological polar surface area (TPSA) is 84.9 Å². The molecule has 5 atom stereocenters. The third-order valence-corrected chi connectivity index (χ3v) is 3.37. The monoisotopic (exact) mass is 219 g/mol. The fourth-order valence-electron chi connectivity index (χ4n) is 2.06. The quantitative estimate of drug-likeness (QED) is 0.581. The van der Waals surface area contributed by atoms with Crippen LogP contribution in [0.1, 0.15) is 20.3 Å². The van der Waals surface area contributed by atoms with Gasteiger partial charge in [-0.25, -0.2) is 0 Å². The van der Waals surface area contributed by atoms with Gasteiger partial charge in [-0.1, -0.05) is 6.92 Å². The van der Waals surface area contributed by atoms with E-state index in [2.05, 4.69) is 0 Å². The van der Waals surface area contributed by atoms with Gasteiger partial charge in [0.05, 0.1) is 18.8 Å². The fourth-order valence-corrected chi connectivity index (χ4v) is 2.06. The van der Waals surface area contributed by atoms with Crippen molar-refractivity contribution in [3.05, 3.63) is 0 Å². The van der Waals surface area contributed by atoms with E-state index in [0.29, 0.717) is 6.42 Å². The van der Waals surface area contributed by atoms with Crippen LogP contribution < -0.4 is 5.73 Å². The molecule has 1 aliphatic heterocycles. The van der Waals surface area contributed by atoms with Gasteiger partial charge in [0.2, 0.25) is 0 Å². The van der Waals surface area contributed by atoms with Crippen molar-refractivity contribution in [3.8, 4) is 0 Å². The van der Waals surface area contributed by atoms with Crippen LogP contribution in [0.5, 0.6) is 0 Å². The Kier molecular flexibility index (Phi) is 4.08. The molecule has 1 saturated heterocycles. The van der Waals surface area contributed by atoms with Crippen molar-refractivity contribution in [3.63, 3.8) is 0 Å². The maximum Gasteiger partial charge on any atom is 0.121 e. The van der Waals surface area contributed by atoms with Crippen LogP contribution in [0.4, 0.5) is 0 Å². The molecule has 1 heterocycles. The van der Waals surface area contributed by atoms with Crippen LogP contribution in [-0.2, 0) is 9.47 Å². The molecule has 5 heteroatoms. The highest BCUT2D eigenvalue weighted by Gasteiger charge is 2.51. The molecule has 4 N–H and O–H groups in total. The minimum atomic E-state index is -0.945. The van der Waals surface area contributed by atoms with Crippen molar-refractivity contribution < 1.29 is 19.7 Å². The van der Waals surface area contributed by atoms with Gasteiger partial charge in [0.25, 0.3) is 0 Å². The van der Waals surface area contributed by atoms with Gasteiger partial charge in [-0.15, -0.1) is 0 Å². The molecule has 90 valence electrons. The summed E-state index contributed by atoms with van der Waals surface area (Å²) in [6, 6.07) is -0.484. The van der Waals surface area contributed by atoms with Crippen LogP contribution in [0, 0.1) is 0 Å². The van der Waals surface area contributed by atoms with Gasteiger partial charge in [0, 0.05) is 7.11 Å². The second-order valence-corrected chi connectivity index (χ2v) is 4.16. The molecule has 1 fully saturated rings. The lowest BCUT2D eigenvalue weighted by atomic mass is 9.82. The van der Waals surface area contributed by atoms with Gasteiger partial charge in [-0.3, -0.25) is 0 Å². The van der Waals surface area contributed by atoms with Crippen LogP contribution in [0.15, 0.2) is 0 Å². The smallest absolute Gasteiger partial charge is 0.121 e. The molecule has 0 saturated carbocycles. The van der Waals surface area contributed by atoms with Crippen LogP contribution in [0.25, 0.3) is 0 Å². The highest BCUT2D eigenvalue weighted by atomic mass is 16.6. The second-order valence-electron chi connectivity index (χ2n) is 4.16. The van der Waals surface area contributed by atoms with Crippen molar-refractivity contribution in [2.75, 3.05) is 13.7 Å². The SMILES string of the molecule is CC[C@H]1OC(CO)[C@](C)(OC)[C@@H](O)C1N. The summed E-state index contributed by atoms with van der Waals surface area (Å²) in [5, 5.41) is 19.3. The largest absolute Gasteiger partial charge is 0.394 e. The lowest BCUT2D eigenvalue weighted by molar-refractivity contribution is -0.246. The lowest BCUT2D eigenvalue weighted by Gasteiger charge is -2.49. The predicted octanol–water partition coefficient (Wildman–Crippen LogP) is -0.751. The molecule has 0 spiro atoms. The molecule has 0 amide bonds. The summed E-state index contributed by atoms with van der Waals surface area (Å²) in [5.74, 6) is 0. The van der Waals surface area contributed by atoms with E-state index in [9.17, 15) is 10.2 Å². The van der Waals surface area contributed by atoms with Crippen LogP contribution in [-0.4, -0.2) is 53.9 Å². The van der Waals surface area contributed by atoms with Gasteiger partial charge >= 0.3 is 0 Å². The molecule has 0 bridgehead atoms. The summed E-state index contributed by atoms with van der Waals surface area (Å²) in [6.45, 7) is 3.44. The Hall–Kier alpha value is -0.200. The van der Waals surface area contributed by atoms with E-state index in [1.165, 1.54) is 7.11 Å². The Morgan fingerprint density at radius 3 is 2.53 bits per heavy atom. The zero-order valence-corrected chi connectivity index (χ0v) is 9.51. The minimum absolute atomic E-state index is 0.190. The van der Waals surface area contributed by atoms with Gasteiger partial charge in [0.1, 0.15) is 17.8 Å². The lowest BCUT2D eigenvalue weighted by Crippen LogP contribution is -2.68. The van der Waals surface area contributed by atoms with Gasteiger partial charge in [-0.05, 0) is 13.3 Å². The Morgan fingerprint density at radius 1 is 1.53 bits per heavy atom. The predicted molar refractivity (Wildman–Crippen MR) is 55.4 cm³/mol. The zero-order chi connectivity index (χ0) is 11.6. The fraction of sp³-hybridized carbons (Fsp3) is 1.00. The molecule has 0 aliphatic carbocycles. The number of methoxy groups -OCH3 is 1. The van der Waals surface area contributed by atoms with Gasteiger partial charge < -0.3 is 25.4 Å². The summed E-state index contributed by atoms with van der Waals surface area (Å²) in [5.41, 5.74) is 4.92. The van der Waals surface area contributed by atoms with Crippen molar-refractivity contribution in [2.45, 2.75) is 50.2 Å². The first-order chi connectivity index (χ1) is 7.01. The summed E-state index contributed by atoms with van der Waals surface area (Å²) in [6.07, 6.45) is -0.907. The van der Waals surface area contributed by atoms with E-state index < -0.39 is 23.9 Å². The Balaban J connectivity index is 2.89. The molecule has 15 heavy (non-hydrogen) atoms. The average Bonchev–Trinajstić information content (AvgIpc) is 2.26. The second kappa shape index (κ2) is 4.76. The van der Waals surface area contributed by atoms with E-state index in [1.807, 2.05) is 6.92 Å². The number of aliphatic hydroxyl groups is 2. The molecular formula is C10H21NO4. The number of hydrogen-bond acceptors (Lipinski definition) is 5. The van der Waals surface area contributed by atoms with Crippen LogP contribution >= 0.6 is 0 Å². The first kappa shape index (κ1) is 12.9. The van der Waals surface area contributed by atoms with Crippen LogP contribution in [0.3, 0.4) is 0 Å². The van der Waals surface area contributed by atoms with Gasteiger partial charge in [-0.2, -0.15) is 0 Å². The number of hydrogen-bond donors (Lipinski definition) is 3. The Labute approximate surface area is 90.2 Å². The number of nitrogens with two attached hydrogens (primary N) is 1. The number of ether oxygens (including phenoxy) is 2. The highest BCUT2D eigenvalue weighted by molar-refractivity contribution is 5.03. The van der Waals surface area contributed by atoms with Crippen molar-refractivity contribution in [2.24, 2.45) is 5.73 Å². The maximum absolute atomic E-state index is 10.1. The van der Waals surface area contributed by atoms with E-state index in [1.54, 1.807) is 6.92 Å². The van der Waals surface area contributed by atoms with E-state index in [4.69, 9.17) is 15.2 Å².